The molecule has 1 aliphatic carbocycles. The summed E-state index contributed by atoms with van der Waals surface area (Å²) in [4.78, 5) is 51.9. The fourth-order valence-electron chi connectivity index (χ4n) is 4.38. The number of carbonyl (C=O) groups excluding carboxylic acids is 3. The lowest BCUT2D eigenvalue weighted by Gasteiger charge is -2.34. The highest BCUT2D eigenvalue weighted by molar-refractivity contribution is 5.94. The fraction of sp³-hybridized carbons (Fsp3) is 0.385. The summed E-state index contributed by atoms with van der Waals surface area (Å²) in [6.07, 6.45) is -1.34. The molecule has 0 spiro atoms. The molecule has 0 fully saturated rings. The smallest absolute Gasteiger partial charge is 0.408 e. The van der Waals surface area contributed by atoms with Gasteiger partial charge in [0, 0.05) is 27.1 Å². The molecule has 3 amide bonds. The van der Waals surface area contributed by atoms with Crippen LogP contribution in [0.5, 0.6) is 0 Å². The number of hydrogen-bond donors (Lipinski definition) is 2. The summed E-state index contributed by atoms with van der Waals surface area (Å²) in [6, 6.07) is 14.7. The topological polar surface area (TPSA) is 116 Å². The molecule has 0 radical (unpaired) electrons. The van der Waals surface area contributed by atoms with Crippen molar-refractivity contribution >= 4 is 23.9 Å². The van der Waals surface area contributed by atoms with E-state index in [1.165, 1.54) is 39.9 Å². The monoisotopic (exact) mass is 481 g/mol. The second-order valence-corrected chi connectivity index (χ2v) is 9.34. The van der Waals surface area contributed by atoms with Crippen LogP contribution in [0.15, 0.2) is 48.5 Å². The van der Waals surface area contributed by atoms with Gasteiger partial charge in [0.15, 0.2) is 0 Å². The number of rotatable bonds is 8. The van der Waals surface area contributed by atoms with Gasteiger partial charge in [0.05, 0.1) is 6.42 Å². The van der Waals surface area contributed by atoms with Crippen molar-refractivity contribution in [2.24, 2.45) is 0 Å². The van der Waals surface area contributed by atoms with E-state index in [0.717, 1.165) is 27.2 Å². The first-order valence-corrected chi connectivity index (χ1v) is 11.3. The maximum absolute atomic E-state index is 13.1. The Balaban J connectivity index is 1.69. The van der Waals surface area contributed by atoms with Crippen LogP contribution in [-0.2, 0) is 19.1 Å². The minimum atomic E-state index is -1.44. The molecule has 0 saturated carbocycles. The summed E-state index contributed by atoms with van der Waals surface area (Å²) in [5.74, 6) is -2.49. The molecule has 35 heavy (non-hydrogen) atoms. The van der Waals surface area contributed by atoms with Gasteiger partial charge in [-0.15, -0.1) is 0 Å². The van der Waals surface area contributed by atoms with E-state index in [9.17, 15) is 24.3 Å². The molecule has 2 N–H and O–H groups in total. The lowest BCUT2D eigenvalue weighted by atomic mass is 9.98. The summed E-state index contributed by atoms with van der Waals surface area (Å²) in [7, 11) is 4.31. The molecular weight excluding hydrogens is 450 g/mol. The third kappa shape index (κ3) is 5.45. The predicted molar refractivity (Wildman–Crippen MR) is 130 cm³/mol. The first kappa shape index (κ1) is 25.7. The lowest BCUT2D eigenvalue weighted by Crippen LogP contribution is -2.59. The van der Waals surface area contributed by atoms with Crippen LogP contribution in [0.1, 0.15) is 37.3 Å². The number of alkyl carbamates (subject to hydrolysis) is 1. The minimum absolute atomic E-state index is 0.0841. The van der Waals surface area contributed by atoms with Crippen LogP contribution in [0, 0.1) is 0 Å². The van der Waals surface area contributed by atoms with Gasteiger partial charge in [-0.05, 0) is 36.1 Å². The van der Waals surface area contributed by atoms with Gasteiger partial charge in [0.25, 0.3) is 0 Å². The number of carboxylic acids is 1. The highest BCUT2D eigenvalue weighted by Gasteiger charge is 2.39. The van der Waals surface area contributed by atoms with Gasteiger partial charge in [0.2, 0.25) is 11.8 Å². The molecule has 9 nitrogen and oxygen atoms in total. The molecule has 2 aromatic rings. The second kappa shape index (κ2) is 10.2. The average Bonchev–Trinajstić information content (AvgIpc) is 3.13. The Kier molecular flexibility index (Phi) is 7.48. The van der Waals surface area contributed by atoms with Crippen LogP contribution in [-0.4, -0.2) is 78.1 Å². The molecule has 186 valence electrons. The molecule has 0 unspecified atom stereocenters. The van der Waals surface area contributed by atoms with Crippen molar-refractivity contribution in [2.45, 2.75) is 37.8 Å². The van der Waals surface area contributed by atoms with E-state index in [0.29, 0.717) is 0 Å². The second-order valence-electron chi connectivity index (χ2n) is 9.34. The molecular formula is C26H31N3O6. The van der Waals surface area contributed by atoms with E-state index in [2.05, 4.69) is 5.32 Å². The first-order valence-electron chi connectivity index (χ1n) is 11.3. The van der Waals surface area contributed by atoms with Crippen LogP contribution in [0.2, 0.25) is 0 Å². The van der Waals surface area contributed by atoms with E-state index in [-0.39, 0.29) is 12.5 Å². The number of nitrogens with zero attached hydrogens (tertiary/aromatic N) is 2. The molecule has 2 aromatic carbocycles. The highest BCUT2D eigenvalue weighted by atomic mass is 16.5. The lowest BCUT2D eigenvalue weighted by molar-refractivity contribution is -0.150. The van der Waals surface area contributed by atoms with Crippen LogP contribution < -0.4 is 5.32 Å². The highest BCUT2D eigenvalue weighted by Crippen LogP contribution is 2.44. The molecule has 0 aliphatic heterocycles. The van der Waals surface area contributed by atoms with Crippen molar-refractivity contribution in [3.8, 4) is 11.1 Å². The van der Waals surface area contributed by atoms with Crippen LogP contribution in [0.25, 0.3) is 11.1 Å². The fourth-order valence-corrected chi connectivity index (χ4v) is 4.38. The van der Waals surface area contributed by atoms with E-state index in [4.69, 9.17) is 4.74 Å². The summed E-state index contributed by atoms with van der Waals surface area (Å²) in [5, 5.41) is 11.8. The Morgan fingerprint density at radius 3 is 1.97 bits per heavy atom. The zero-order chi connectivity index (χ0) is 25.9. The molecule has 0 bridgehead atoms. The Hall–Kier alpha value is -3.88. The van der Waals surface area contributed by atoms with Crippen LogP contribution >= 0.6 is 0 Å². The standard InChI is InChI=1S/C26H31N3O6/c1-26(2,24(33)29(5)21(14-22(30)31)23(32)28(3)4)27-25(34)35-15-20-18-12-8-6-10-16(18)17-11-7-9-13-19(17)20/h6-13,20-21H,14-15H2,1-5H3,(H,27,34)(H,30,31)/t21-/m0/s1. The zero-order valence-corrected chi connectivity index (χ0v) is 20.6. The number of carboxylic acid groups (broad SMARTS) is 1. The number of nitrogens with one attached hydrogen (secondary N) is 1. The largest absolute Gasteiger partial charge is 0.481 e. The number of aliphatic carboxylic acids is 1. The number of benzene rings is 2. The van der Waals surface area contributed by atoms with Gasteiger partial charge < -0.3 is 25.0 Å². The van der Waals surface area contributed by atoms with Gasteiger partial charge >= 0.3 is 12.1 Å². The van der Waals surface area contributed by atoms with E-state index >= 15 is 0 Å². The predicted octanol–water partition coefficient (Wildman–Crippen LogP) is 2.69. The average molecular weight is 482 g/mol. The Morgan fingerprint density at radius 1 is 0.971 bits per heavy atom. The minimum Gasteiger partial charge on any atom is -0.481 e. The number of ether oxygens (including phenoxy) is 1. The van der Waals surface area contributed by atoms with Gasteiger partial charge in [-0.2, -0.15) is 0 Å². The van der Waals surface area contributed by atoms with Gasteiger partial charge in [-0.25, -0.2) is 4.79 Å². The van der Waals surface area contributed by atoms with Crippen LogP contribution in [0.3, 0.4) is 0 Å². The number of fused-ring (bicyclic) bond motifs is 3. The summed E-state index contributed by atoms with van der Waals surface area (Å²) in [5.41, 5.74) is 2.89. The molecule has 0 aromatic heterocycles. The third-order valence-corrected chi connectivity index (χ3v) is 6.17. The molecule has 1 atom stereocenters. The van der Waals surface area contributed by atoms with E-state index < -0.39 is 41.9 Å². The van der Waals surface area contributed by atoms with E-state index in [1.807, 2.05) is 48.5 Å². The van der Waals surface area contributed by atoms with Crippen molar-refractivity contribution in [1.29, 1.82) is 0 Å². The summed E-state index contributed by atoms with van der Waals surface area (Å²) < 4.78 is 5.53. The molecule has 0 heterocycles. The maximum atomic E-state index is 13.1. The Bertz CT molecular complexity index is 1100. The molecule has 9 heteroatoms. The van der Waals surface area contributed by atoms with E-state index in [1.54, 1.807) is 0 Å². The number of carbonyl (C=O) groups is 4. The zero-order valence-electron chi connectivity index (χ0n) is 20.6. The summed E-state index contributed by atoms with van der Waals surface area (Å²) >= 11 is 0. The van der Waals surface area contributed by atoms with Gasteiger partial charge in [0.1, 0.15) is 18.2 Å². The quantitative estimate of drug-likeness (QED) is 0.599. The Labute approximate surface area is 204 Å². The van der Waals surface area contributed by atoms with Crippen LogP contribution in [0.4, 0.5) is 4.79 Å². The maximum Gasteiger partial charge on any atom is 0.408 e. The molecule has 0 saturated heterocycles. The Morgan fingerprint density at radius 2 is 1.49 bits per heavy atom. The van der Waals surface area contributed by atoms with Gasteiger partial charge in [-0.3, -0.25) is 14.4 Å². The van der Waals surface area contributed by atoms with Crippen molar-refractivity contribution in [1.82, 2.24) is 15.1 Å². The van der Waals surface area contributed by atoms with Crippen molar-refractivity contribution in [2.75, 3.05) is 27.7 Å². The van der Waals surface area contributed by atoms with Crippen molar-refractivity contribution < 1.29 is 29.0 Å². The molecule has 1 aliphatic rings. The number of likely N-dealkylation sites (N-methyl/N-ethyl adjacent to an activating group) is 2. The summed E-state index contributed by atoms with van der Waals surface area (Å²) in [6.45, 7) is 3.04. The normalized spacial score (nSPS) is 13.3. The van der Waals surface area contributed by atoms with Gasteiger partial charge in [-0.1, -0.05) is 48.5 Å². The van der Waals surface area contributed by atoms with Crippen molar-refractivity contribution in [3.05, 3.63) is 59.7 Å². The van der Waals surface area contributed by atoms with Crippen molar-refractivity contribution in [3.63, 3.8) is 0 Å². The first-order chi connectivity index (χ1) is 16.4. The third-order valence-electron chi connectivity index (χ3n) is 6.17. The number of hydrogen-bond acceptors (Lipinski definition) is 5. The SMILES string of the molecule is CN(C)C(=O)[C@H](CC(=O)O)N(C)C(=O)C(C)(C)NC(=O)OCC1c2ccccc2-c2ccccc21. The number of amides is 3. The molecule has 3 rings (SSSR count).